The molecule has 0 spiro atoms. The first-order valence-corrected chi connectivity index (χ1v) is 18.7. The maximum atomic E-state index is 14.9. The molecule has 1 aliphatic rings. The molecule has 0 saturated carbocycles. The third kappa shape index (κ3) is 9.89. The number of carbonyl (C=O) groups excluding carboxylic acids is 2. The van der Waals surface area contributed by atoms with Gasteiger partial charge in [-0.2, -0.15) is 0 Å². The molecule has 1 aliphatic heterocycles. The molecule has 2 amide bonds. The predicted octanol–water partition coefficient (Wildman–Crippen LogP) is 7.85. The Hall–Kier alpha value is -3.34. The fourth-order valence-electron chi connectivity index (χ4n) is 6.73. The summed E-state index contributed by atoms with van der Waals surface area (Å²) in [6.45, 7) is 18.6. The van der Waals surface area contributed by atoms with Crippen LogP contribution in [0.4, 0.5) is 9.59 Å². The maximum absolute atomic E-state index is 14.9. The first-order valence-electron chi connectivity index (χ1n) is 16.9. The number of carboxylic acids is 1. The van der Waals surface area contributed by atoms with E-state index in [4.69, 9.17) is 14.0 Å². The van der Waals surface area contributed by atoms with Crippen LogP contribution in [-0.2, 0) is 29.9 Å². The van der Waals surface area contributed by atoms with E-state index in [9.17, 15) is 24.1 Å². The van der Waals surface area contributed by atoms with Gasteiger partial charge < -0.3 is 19.1 Å². The molecular weight excluding hydrogens is 647 g/mol. The van der Waals surface area contributed by atoms with Crippen molar-refractivity contribution in [2.75, 3.05) is 25.9 Å². The van der Waals surface area contributed by atoms with Crippen LogP contribution in [0.2, 0.25) is 0 Å². The summed E-state index contributed by atoms with van der Waals surface area (Å²) in [6.07, 6.45) is 3.79. The average Bonchev–Trinajstić information content (AvgIpc) is 2.96. The number of benzene rings is 1. The number of amides is 2. The molecule has 2 heterocycles. The van der Waals surface area contributed by atoms with Gasteiger partial charge in [0.2, 0.25) is 7.37 Å². The number of ether oxygens (including phenoxy) is 2. The lowest BCUT2D eigenvalue weighted by atomic mass is 9.74. The highest BCUT2D eigenvalue weighted by atomic mass is 31.2. The zero-order chi connectivity index (χ0) is 36.8. The van der Waals surface area contributed by atoms with Crippen LogP contribution in [0.1, 0.15) is 94.1 Å². The largest absolute Gasteiger partial charge is 0.480 e. The number of nitrogens with zero attached hydrogens (tertiary/aromatic N) is 4. The van der Waals surface area contributed by atoms with Gasteiger partial charge >= 0.3 is 18.2 Å². The topological polar surface area (TPSA) is 148 Å². The molecule has 3 rings (SSSR count). The minimum absolute atomic E-state index is 0.00268. The minimum Gasteiger partial charge on any atom is -0.480 e. The van der Waals surface area contributed by atoms with E-state index in [1.165, 1.54) is 6.33 Å². The fourth-order valence-corrected chi connectivity index (χ4v) is 10.1. The molecule has 1 aromatic heterocycles. The quantitative estimate of drug-likeness (QED) is 0.180. The van der Waals surface area contributed by atoms with E-state index in [0.29, 0.717) is 13.1 Å². The van der Waals surface area contributed by atoms with Crippen LogP contribution in [-0.4, -0.2) is 91.3 Å². The van der Waals surface area contributed by atoms with Crippen molar-refractivity contribution in [3.8, 4) is 11.1 Å². The molecule has 272 valence electrons. The van der Waals surface area contributed by atoms with Gasteiger partial charge in [-0.15, -0.1) is 0 Å². The van der Waals surface area contributed by atoms with Crippen LogP contribution in [0.15, 0.2) is 43.0 Å². The Balaban J connectivity index is 2.01. The molecule has 2 aromatic rings. The zero-order valence-electron chi connectivity index (χ0n) is 30.8. The van der Waals surface area contributed by atoms with Gasteiger partial charge in [0.25, 0.3) is 0 Å². The molecule has 1 saturated heterocycles. The van der Waals surface area contributed by atoms with Crippen molar-refractivity contribution in [2.45, 2.75) is 117 Å². The first kappa shape index (κ1) is 40.1. The highest BCUT2D eigenvalue weighted by molar-refractivity contribution is 7.62. The number of carbonyl (C=O) groups is 3. The van der Waals surface area contributed by atoms with E-state index in [2.05, 4.69) is 14.9 Å². The van der Waals surface area contributed by atoms with Crippen LogP contribution < -0.4 is 0 Å². The first-order chi connectivity index (χ1) is 22.6. The molecule has 0 radical (unpaired) electrons. The van der Waals surface area contributed by atoms with E-state index in [0.717, 1.165) is 21.6 Å². The average molecular weight is 703 g/mol. The third-order valence-electron chi connectivity index (χ3n) is 8.32. The molecule has 13 heteroatoms. The van der Waals surface area contributed by atoms with Gasteiger partial charge in [-0.25, -0.2) is 24.5 Å². The summed E-state index contributed by atoms with van der Waals surface area (Å²) >= 11 is 0. The second-order valence-electron chi connectivity index (χ2n) is 15.6. The Morgan fingerprint density at radius 2 is 1.53 bits per heavy atom. The second-order valence-corrected chi connectivity index (χ2v) is 18.5. The number of unbranched alkanes of at least 4 members (excludes halogenated alkanes) is 1. The Morgan fingerprint density at radius 3 is 2.04 bits per heavy atom. The molecule has 49 heavy (non-hydrogen) atoms. The number of aliphatic carboxylic acids is 1. The van der Waals surface area contributed by atoms with Gasteiger partial charge in [0.1, 0.15) is 17.5 Å². The zero-order valence-corrected chi connectivity index (χ0v) is 31.7. The van der Waals surface area contributed by atoms with Crippen LogP contribution in [0.25, 0.3) is 11.1 Å². The van der Waals surface area contributed by atoms with Crippen molar-refractivity contribution in [2.24, 2.45) is 5.41 Å². The standard InChI is InChI=1S/C36H55N4O8P/c1-11-46-49(45)21-20-39(24-26-16-12-13-17-28(26)27-22-37-25-38-23-27)29(33(2,3)4)36(49,30(41)42)18-14-15-19-40(31(43)47-34(5,6)7)32(44)48-35(8,9)10/h12-13,16-17,22-23,25,29H,11,14-15,18-21,24H2,1-10H3,(H,41,42). The van der Waals surface area contributed by atoms with Crippen molar-refractivity contribution >= 4 is 25.5 Å². The van der Waals surface area contributed by atoms with Crippen molar-refractivity contribution in [3.63, 3.8) is 0 Å². The SMILES string of the molecule is CCOP1(=O)CCN(Cc2ccccc2-c2cncnc2)C(C(C)(C)C)C1(CCCCN(C(=O)OC(C)(C)C)C(=O)OC(C)(C)C)C(=O)O. The van der Waals surface area contributed by atoms with Crippen LogP contribution in [0.5, 0.6) is 0 Å². The van der Waals surface area contributed by atoms with Crippen molar-refractivity contribution in [1.82, 2.24) is 19.8 Å². The number of hydrogen-bond donors (Lipinski definition) is 1. The summed E-state index contributed by atoms with van der Waals surface area (Å²) in [7, 11) is -3.79. The highest BCUT2D eigenvalue weighted by Gasteiger charge is 2.66. The van der Waals surface area contributed by atoms with Crippen molar-refractivity contribution in [3.05, 3.63) is 48.5 Å². The molecule has 1 aromatic carbocycles. The highest BCUT2D eigenvalue weighted by Crippen LogP contribution is 2.67. The Morgan fingerprint density at radius 1 is 0.959 bits per heavy atom. The molecule has 0 aliphatic carbocycles. The summed E-state index contributed by atoms with van der Waals surface area (Å²) < 4.78 is 31.9. The smallest absolute Gasteiger partial charge is 0.419 e. The fraction of sp³-hybridized carbons (Fsp3) is 0.639. The third-order valence-corrected chi connectivity index (χ3v) is 11.7. The molecule has 3 unspecified atom stereocenters. The summed E-state index contributed by atoms with van der Waals surface area (Å²) in [5, 5.41) is 9.42. The van der Waals surface area contributed by atoms with E-state index in [1.807, 2.05) is 45.0 Å². The van der Waals surface area contributed by atoms with Gasteiger partial charge in [-0.3, -0.25) is 14.3 Å². The molecule has 0 bridgehead atoms. The van der Waals surface area contributed by atoms with Crippen LogP contribution in [0, 0.1) is 5.41 Å². The summed E-state index contributed by atoms with van der Waals surface area (Å²) in [4.78, 5) is 51.3. The van der Waals surface area contributed by atoms with Crippen molar-refractivity contribution < 1.29 is 38.1 Å². The second kappa shape index (κ2) is 15.7. The van der Waals surface area contributed by atoms with Gasteiger partial charge in [-0.05, 0) is 84.3 Å². The van der Waals surface area contributed by atoms with Gasteiger partial charge in [0.05, 0.1) is 6.61 Å². The summed E-state index contributed by atoms with van der Waals surface area (Å²) in [5.41, 5.74) is 0.379. The van der Waals surface area contributed by atoms with E-state index in [-0.39, 0.29) is 38.6 Å². The van der Waals surface area contributed by atoms with E-state index in [1.54, 1.807) is 60.9 Å². The molecular formula is C36H55N4O8P. The lowest BCUT2D eigenvalue weighted by Gasteiger charge is -2.55. The number of aromatic nitrogens is 2. The van der Waals surface area contributed by atoms with E-state index < -0.39 is 53.3 Å². The Kier molecular flexibility index (Phi) is 12.8. The Labute approximate surface area is 291 Å². The summed E-state index contributed by atoms with van der Waals surface area (Å²) in [6, 6.07) is 7.17. The van der Waals surface area contributed by atoms with Crippen LogP contribution in [0.3, 0.4) is 0 Å². The Bertz CT molecular complexity index is 1470. The molecule has 1 fully saturated rings. The van der Waals surface area contributed by atoms with E-state index >= 15 is 0 Å². The number of hydrogen-bond acceptors (Lipinski definition) is 10. The molecule has 1 N–H and O–H groups in total. The minimum atomic E-state index is -3.79. The molecule has 3 atom stereocenters. The number of rotatable bonds is 11. The number of imide groups is 1. The van der Waals surface area contributed by atoms with Gasteiger partial charge in [-0.1, -0.05) is 45.0 Å². The lowest BCUT2D eigenvalue weighted by molar-refractivity contribution is -0.146. The normalized spacial score (nSPS) is 22.0. The van der Waals surface area contributed by atoms with Gasteiger partial charge in [0.15, 0.2) is 5.16 Å². The molecule has 12 nitrogen and oxygen atoms in total. The predicted molar refractivity (Wildman–Crippen MR) is 189 cm³/mol. The monoisotopic (exact) mass is 702 g/mol. The lowest BCUT2D eigenvalue weighted by Crippen LogP contribution is -2.66. The van der Waals surface area contributed by atoms with Crippen molar-refractivity contribution in [1.29, 1.82) is 0 Å². The number of carboxylic acid groups (broad SMARTS) is 1. The summed E-state index contributed by atoms with van der Waals surface area (Å²) in [5.74, 6) is -1.19. The van der Waals surface area contributed by atoms with Gasteiger partial charge in [0, 0.05) is 49.8 Å². The maximum Gasteiger partial charge on any atom is 0.419 e. The van der Waals surface area contributed by atoms with Crippen LogP contribution >= 0.6 is 7.37 Å².